The Morgan fingerprint density at radius 2 is 1.70 bits per heavy atom. The first-order valence-corrected chi connectivity index (χ1v) is 8.09. The topological polar surface area (TPSA) is 122 Å². The maximum atomic E-state index is 12.4. The number of carbonyl (C=O) groups is 2. The predicted molar refractivity (Wildman–Crippen MR) is 94.3 cm³/mol. The highest BCUT2D eigenvalue weighted by molar-refractivity contribution is 6.05. The van der Waals surface area contributed by atoms with Gasteiger partial charge in [0.15, 0.2) is 17.2 Å². The smallest absolute Gasteiger partial charge is 0.290 e. The minimum absolute atomic E-state index is 0.0125. The number of benzene rings is 2. The second-order valence-corrected chi connectivity index (χ2v) is 5.75. The van der Waals surface area contributed by atoms with E-state index in [0.717, 1.165) is 0 Å². The molecule has 1 atom stereocenters. The summed E-state index contributed by atoms with van der Waals surface area (Å²) in [6, 6.07) is 13.5. The lowest BCUT2D eigenvalue weighted by Gasteiger charge is -2.25. The van der Waals surface area contributed by atoms with E-state index >= 15 is 0 Å². The molecule has 1 aromatic heterocycles. The van der Waals surface area contributed by atoms with Crippen LogP contribution in [0.3, 0.4) is 0 Å². The van der Waals surface area contributed by atoms with Crippen molar-refractivity contribution < 1.29 is 19.1 Å². The Balaban J connectivity index is 1.45. The van der Waals surface area contributed by atoms with Crippen molar-refractivity contribution >= 4 is 22.6 Å². The van der Waals surface area contributed by atoms with Crippen molar-refractivity contribution in [3.8, 4) is 11.5 Å². The molecule has 4 rings (SSSR count). The molecule has 3 aromatic rings. The van der Waals surface area contributed by atoms with Gasteiger partial charge in [-0.15, -0.1) is 0 Å². The van der Waals surface area contributed by atoms with E-state index in [1.807, 2.05) is 0 Å². The third-order valence-corrected chi connectivity index (χ3v) is 4.01. The molecule has 2 aromatic carbocycles. The van der Waals surface area contributed by atoms with Crippen LogP contribution in [0.25, 0.3) is 10.8 Å². The minimum Gasteiger partial charge on any atom is -0.485 e. The molecule has 0 saturated carbocycles. The van der Waals surface area contributed by atoms with Crippen LogP contribution in [0.15, 0.2) is 53.3 Å². The molecule has 1 unspecified atom stereocenters. The fourth-order valence-electron chi connectivity index (χ4n) is 2.69. The van der Waals surface area contributed by atoms with Crippen LogP contribution < -0.4 is 25.9 Å². The highest BCUT2D eigenvalue weighted by Crippen LogP contribution is 2.30. The van der Waals surface area contributed by atoms with Crippen LogP contribution in [0.1, 0.15) is 10.5 Å². The molecule has 2 heterocycles. The molecule has 0 spiro atoms. The Labute approximate surface area is 152 Å². The first-order valence-electron chi connectivity index (χ1n) is 8.09. The molecule has 2 amide bonds. The van der Waals surface area contributed by atoms with Gasteiger partial charge >= 0.3 is 0 Å². The number of para-hydroxylation sites is 2. The van der Waals surface area contributed by atoms with E-state index < -0.39 is 23.5 Å². The van der Waals surface area contributed by atoms with Crippen LogP contribution in [-0.4, -0.2) is 34.7 Å². The second kappa shape index (κ2) is 6.79. The molecule has 136 valence electrons. The number of rotatable bonds is 2. The molecule has 0 bridgehead atoms. The minimum atomic E-state index is -0.916. The molecule has 0 fully saturated rings. The number of nitrogens with zero attached hydrogens (tertiary/aromatic N) is 1. The molecule has 9 nitrogen and oxygen atoms in total. The lowest BCUT2D eigenvalue weighted by atomic mass is 10.1. The Morgan fingerprint density at radius 3 is 2.52 bits per heavy atom. The Hall–Kier alpha value is -3.88. The summed E-state index contributed by atoms with van der Waals surface area (Å²) in [5.74, 6) is -0.252. The van der Waals surface area contributed by atoms with Gasteiger partial charge in [0, 0.05) is 5.39 Å². The van der Waals surface area contributed by atoms with Crippen LogP contribution in [-0.2, 0) is 4.79 Å². The summed E-state index contributed by atoms with van der Waals surface area (Å²) in [5.41, 5.74) is 4.14. The number of hydrogen-bond donors (Lipinski definition) is 3. The molecule has 1 aliphatic heterocycles. The summed E-state index contributed by atoms with van der Waals surface area (Å²) in [5, 5.41) is 6.73. The van der Waals surface area contributed by atoms with E-state index in [1.165, 1.54) is 0 Å². The van der Waals surface area contributed by atoms with Crippen LogP contribution >= 0.6 is 0 Å². The molecule has 0 radical (unpaired) electrons. The van der Waals surface area contributed by atoms with Gasteiger partial charge in [0.1, 0.15) is 6.61 Å². The van der Waals surface area contributed by atoms with Gasteiger partial charge in [-0.1, -0.05) is 30.3 Å². The largest absolute Gasteiger partial charge is 0.485 e. The highest BCUT2D eigenvalue weighted by Gasteiger charge is 2.27. The quantitative estimate of drug-likeness (QED) is 0.569. The molecule has 1 aliphatic rings. The van der Waals surface area contributed by atoms with E-state index in [2.05, 4.69) is 21.0 Å². The van der Waals surface area contributed by atoms with Gasteiger partial charge in [0.25, 0.3) is 17.4 Å². The van der Waals surface area contributed by atoms with E-state index in [1.54, 1.807) is 48.5 Å². The number of ether oxygens (including phenoxy) is 2. The van der Waals surface area contributed by atoms with Crippen molar-refractivity contribution in [2.24, 2.45) is 0 Å². The molecular formula is C18H14N4O5. The third-order valence-electron chi connectivity index (χ3n) is 4.01. The zero-order chi connectivity index (χ0) is 18.8. The van der Waals surface area contributed by atoms with Crippen LogP contribution in [0.5, 0.6) is 11.5 Å². The summed E-state index contributed by atoms with van der Waals surface area (Å²) in [4.78, 5) is 36.4. The number of carbonyl (C=O) groups excluding carboxylic acids is 2. The normalized spacial score (nSPS) is 15.2. The maximum absolute atomic E-state index is 12.4. The monoisotopic (exact) mass is 366 g/mol. The summed E-state index contributed by atoms with van der Waals surface area (Å²) < 4.78 is 11.0. The van der Waals surface area contributed by atoms with Gasteiger partial charge < -0.3 is 9.47 Å². The van der Waals surface area contributed by atoms with Gasteiger partial charge in [-0.3, -0.25) is 25.2 Å². The number of aromatic amines is 1. The summed E-state index contributed by atoms with van der Waals surface area (Å²) >= 11 is 0. The fourth-order valence-corrected chi connectivity index (χ4v) is 2.69. The Kier molecular flexibility index (Phi) is 4.17. The Bertz CT molecular complexity index is 1090. The fraction of sp³-hybridized carbons (Fsp3) is 0.111. The first-order chi connectivity index (χ1) is 13.1. The van der Waals surface area contributed by atoms with Crippen molar-refractivity contribution in [3.63, 3.8) is 0 Å². The van der Waals surface area contributed by atoms with Crippen LogP contribution in [0.2, 0.25) is 0 Å². The van der Waals surface area contributed by atoms with Gasteiger partial charge in [0.05, 0.1) is 5.39 Å². The number of H-pyrrole nitrogens is 1. The van der Waals surface area contributed by atoms with Crippen molar-refractivity contribution in [1.29, 1.82) is 0 Å². The number of amides is 2. The zero-order valence-corrected chi connectivity index (χ0v) is 13.9. The van der Waals surface area contributed by atoms with E-state index in [9.17, 15) is 14.4 Å². The van der Waals surface area contributed by atoms with E-state index in [4.69, 9.17) is 9.47 Å². The SMILES string of the molecule is O=C(NNC(=O)C1COc2ccccc2O1)c1n[nH]c(=O)c2ccccc12. The van der Waals surface area contributed by atoms with Crippen molar-refractivity contribution in [2.45, 2.75) is 6.10 Å². The van der Waals surface area contributed by atoms with Crippen molar-refractivity contribution in [1.82, 2.24) is 21.0 Å². The molecule has 0 saturated heterocycles. The predicted octanol–water partition coefficient (Wildman–Crippen LogP) is 0.524. The molecular weight excluding hydrogens is 352 g/mol. The zero-order valence-electron chi connectivity index (χ0n) is 13.9. The number of aromatic nitrogens is 2. The number of hydrazine groups is 1. The van der Waals surface area contributed by atoms with Crippen LogP contribution in [0.4, 0.5) is 0 Å². The average molecular weight is 366 g/mol. The lowest BCUT2D eigenvalue weighted by molar-refractivity contribution is -0.131. The highest BCUT2D eigenvalue weighted by atomic mass is 16.6. The first kappa shape index (κ1) is 16.6. The molecule has 27 heavy (non-hydrogen) atoms. The number of hydrogen-bond acceptors (Lipinski definition) is 6. The van der Waals surface area contributed by atoms with Crippen molar-refractivity contribution in [3.05, 3.63) is 64.6 Å². The molecule has 3 N–H and O–H groups in total. The standard InChI is InChI=1S/C18H14N4O5/c23-16-11-6-2-1-5-10(11)15(19-20-16)18(25)22-21-17(24)14-9-26-12-7-3-4-8-13(12)27-14/h1-8,14H,9H2,(H,20,23)(H,21,24)(H,22,25). The van der Waals surface area contributed by atoms with E-state index in [-0.39, 0.29) is 12.3 Å². The third kappa shape index (κ3) is 3.17. The number of nitrogens with one attached hydrogen (secondary N) is 3. The summed E-state index contributed by atoms with van der Waals surface area (Å²) in [7, 11) is 0. The van der Waals surface area contributed by atoms with Crippen molar-refractivity contribution in [2.75, 3.05) is 6.61 Å². The van der Waals surface area contributed by atoms with Gasteiger partial charge in [-0.05, 0) is 18.2 Å². The van der Waals surface area contributed by atoms with Gasteiger partial charge in [0.2, 0.25) is 6.10 Å². The lowest BCUT2D eigenvalue weighted by Crippen LogP contribution is -2.51. The number of fused-ring (bicyclic) bond motifs is 2. The molecule has 0 aliphatic carbocycles. The summed E-state index contributed by atoms with van der Waals surface area (Å²) in [6.07, 6.45) is -0.916. The van der Waals surface area contributed by atoms with E-state index in [0.29, 0.717) is 22.3 Å². The van der Waals surface area contributed by atoms with Gasteiger partial charge in [-0.2, -0.15) is 5.10 Å². The summed E-state index contributed by atoms with van der Waals surface area (Å²) in [6.45, 7) is 0.0125. The average Bonchev–Trinajstić information content (AvgIpc) is 2.72. The second-order valence-electron chi connectivity index (χ2n) is 5.75. The van der Waals surface area contributed by atoms with Gasteiger partial charge in [-0.25, -0.2) is 5.10 Å². The maximum Gasteiger partial charge on any atom is 0.290 e. The van der Waals surface area contributed by atoms with Crippen LogP contribution in [0, 0.1) is 0 Å². The Morgan fingerprint density at radius 1 is 1.00 bits per heavy atom. The molecule has 9 heteroatoms.